The van der Waals surface area contributed by atoms with Crippen LogP contribution in [-0.2, 0) is 11.2 Å². The van der Waals surface area contributed by atoms with Crippen LogP contribution in [0.2, 0.25) is 0 Å². The summed E-state index contributed by atoms with van der Waals surface area (Å²) in [6.45, 7) is 5.47. The van der Waals surface area contributed by atoms with Crippen molar-refractivity contribution in [2.45, 2.75) is 33.3 Å². The number of ketones is 1. The second-order valence-electron chi connectivity index (χ2n) is 4.41. The summed E-state index contributed by atoms with van der Waals surface area (Å²) in [5, 5.41) is 19.5. The quantitative estimate of drug-likeness (QED) is 0.811. The van der Waals surface area contributed by atoms with E-state index in [1.807, 2.05) is 6.92 Å². The second kappa shape index (κ2) is 6.40. The van der Waals surface area contributed by atoms with Gasteiger partial charge in [-0.15, -0.1) is 0 Å². The zero-order valence-electron chi connectivity index (χ0n) is 11.0. The topological polar surface area (TPSA) is 66.8 Å². The number of rotatable bonds is 6. The van der Waals surface area contributed by atoms with E-state index in [-0.39, 0.29) is 11.5 Å². The highest BCUT2D eigenvalue weighted by molar-refractivity contribution is 5.78. The average Bonchev–Trinajstić information content (AvgIpc) is 2.32. The molecular formula is C14H20O4. The van der Waals surface area contributed by atoms with Crippen LogP contribution >= 0.6 is 0 Å². The molecule has 4 nitrogen and oxygen atoms in total. The molecule has 4 heteroatoms. The third-order valence-electron chi connectivity index (χ3n) is 2.99. The molecule has 100 valence electrons. The number of hydrogen-bond donors (Lipinski definition) is 2. The first-order chi connectivity index (χ1) is 8.45. The van der Waals surface area contributed by atoms with Crippen molar-refractivity contribution in [2.75, 3.05) is 6.61 Å². The normalized spacial score (nSPS) is 14.0. The second-order valence-corrected chi connectivity index (χ2v) is 4.41. The van der Waals surface area contributed by atoms with Gasteiger partial charge in [-0.1, -0.05) is 13.0 Å². The van der Waals surface area contributed by atoms with Gasteiger partial charge in [-0.3, -0.25) is 4.79 Å². The molecule has 0 aromatic heterocycles. The molecule has 0 aliphatic heterocycles. The average molecular weight is 252 g/mol. The number of carbonyl (C=O) groups excluding carboxylic acids is 1. The summed E-state index contributed by atoms with van der Waals surface area (Å²) < 4.78 is 5.27. The highest BCUT2D eigenvalue weighted by atomic mass is 16.5. The van der Waals surface area contributed by atoms with Crippen molar-refractivity contribution in [3.05, 3.63) is 23.8 Å². The van der Waals surface area contributed by atoms with Gasteiger partial charge in [0.05, 0.1) is 12.7 Å². The van der Waals surface area contributed by atoms with E-state index < -0.39 is 12.0 Å². The van der Waals surface area contributed by atoms with Crippen LogP contribution in [0.15, 0.2) is 18.2 Å². The van der Waals surface area contributed by atoms with Gasteiger partial charge in [-0.05, 0) is 38.0 Å². The van der Waals surface area contributed by atoms with Gasteiger partial charge in [0.2, 0.25) is 0 Å². The third kappa shape index (κ3) is 3.74. The predicted molar refractivity (Wildman–Crippen MR) is 68.8 cm³/mol. The molecule has 0 saturated heterocycles. The van der Waals surface area contributed by atoms with Crippen molar-refractivity contribution in [3.8, 4) is 11.5 Å². The summed E-state index contributed by atoms with van der Waals surface area (Å²) in [5.41, 5.74) is 0.830. The van der Waals surface area contributed by atoms with Gasteiger partial charge < -0.3 is 14.9 Å². The fourth-order valence-corrected chi connectivity index (χ4v) is 1.65. The van der Waals surface area contributed by atoms with Gasteiger partial charge in [0.25, 0.3) is 0 Å². The Morgan fingerprint density at radius 3 is 2.67 bits per heavy atom. The number of aliphatic hydroxyl groups excluding tert-OH is 1. The highest BCUT2D eigenvalue weighted by Gasteiger charge is 2.19. The Bertz CT molecular complexity index is 414. The van der Waals surface area contributed by atoms with E-state index >= 15 is 0 Å². The largest absolute Gasteiger partial charge is 0.504 e. The molecule has 0 saturated carbocycles. The van der Waals surface area contributed by atoms with Crippen molar-refractivity contribution in [1.82, 2.24) is 0 Å². The van der Waals surface area contributed by atoms with Crippen LogP contribution in [0.4, 0.5) is 0 Å². The summed E-state index contributed by atoms with van der Waals surface area (Å²) in [4.78, 5) is 11.2. The van der Waals surface area contributed by atoms with Crippen LogP contribution in [0, 0.1) is 5.92 Å². The molecular weight excluding hydrogens is 232 g/mol. The van der Waals surface area contributed by atoms with E-state index in [4.69, 9.17) is 4.74 Å². The monoisotopic (exact) mass is 252 g/mol. The molecule has 2 N–H and O–H groups in total. The number of carbonyl (C=O) groups is 1. The molecule has 0 radical (unpaired) electrons. The lowest BCUT2D eigenvalue weighted by atomic mass is 9.95. The van der Waals surface area contributed by atoms with Crippen LogP contribution in [0.3, 0.4) is 0 Å². The van der Waals surface area contributed by atoms with E-state index in [0.717, 1.165) is 5.56 Å². The molecule has 2 atom stereocenters. The van der Waals surface area contributed by atoms with Gasteiger partial charge in [0.1, 0.15) is 5.78 Å². The van der Waals surface area contributed by atoms with Crippen LogP contribution in [0.1, 0.15) is 26.3 Å². The number of hydrogen-bond acceptors (Lipinski definition) is 4. The summed E-state index contributed by atoms with van der Waals surface area (Å²) >= 11 is 0. The molecule has 0 bridgehead atoms. The van der Waals surface area contributed by atoms with Gasteiger partial charge in [-0.2, -0.15) is 0 Å². The standard InChI is InChI=1S/C14H20O4/c1-4-18-14-8-11(5-6-12(14)16)7-13(17)9(2)10(3)15/h5-6,8-9,13,16-17H,4,7H2,1-3H3/t9-,13-/m1/s1. The van der Waals surface area contributed by atoms with E-state index in [0.29, 0.717) is 18.8 Å². The Kier molecular flexibility index (Phi) is 5.16. The lowest BCUT2D eigenvalue weighted by Crippen LogP contribution is -2.25. The Hall–Kier alpha value is -1.55. The minimum Gasteiger partial charge on any atom is -0.504 e. The van der Waals surface area contributed by atoms with Gasteiger partial charge in [-0.25, -0.2) is 0 Å². The number of Topliss-reactive ketones (excluding diaryl/α,β-unsaturated/α-hetero) is 1. The zero-order valence-corrected chi connectivity index (χ0v) is 11.0. The molecule has 0 aliphatic carbocycles. The van der Waals surface area contributed by atoms with Crippen molar-refractivity contribution >= 4 is 5.78 Å². The van der Waals surface area contributed by atoms with Crippen molar-refractivity contribution in [1.29, 1.82) is 0 Å². The first kappa shape index (κ1) is 14.5. The first-order valence-electron chi connectivity index (χ1n) is 6.09. The van der Waals surface area contributed by atoms with E-state index in [9.17, 15) is 15.0 Å². The summed E-state index contributed by atoms with van der Waals surface area (Å²) in [5.74, 6) is 0.0491. The van der Waals surface area contributed by atoms with E-state index in [1.165, 1.54) is 13.0 Å². The van der Waals surface area contributed by atoms with Crippen molar-refractivity contribution in [2.24, 2.45) is 5.92 Å². The fraction of sp³-hybridized carbons (Fsp3) is 0.500. The van der Waals surface area contributed by atoms with Gasteiger partial charge >= 0.3 is 0 Å². The zero-order chi connectivity index (χ0) is 13.7. The number of phenolic OH excluding ortho intramolecular Hbond substituents is 1. The Balaban J connectivity index is 2.78. The number of phenols is 1. The predicted octanol–water partition coefficient (Wildman–Crippen LogP) is 1.92. The smallest absolute Gasteiger partial charge is 0.161 e. The molecule has 0 spiro atoms. The molecule has 0 amide bonds. The lowest BCUT2D eigenvalue weighted by molar-refractivity contribution is -0.123. The van der Waals surface area contributed by atoms with Crippen molar-refractivity contribution in [3.63, 3.8) is 0 Å². The minimum atomic E-state index is -0.721. The molecule has 0 heterocycles. The Morgan fingerprint density at radius 2 is 2.11 bits per heavy atom. The number of aromatic hydroxyl groups is 1. The Labute approximate surface area is 107 Å². The molecule has 0 fully saturated rings. The molecule has 1 aromatic carbocycles. The van der Waals surface area contributed by atoms with Crippen LogP contribution in [-0.4, -0.2) is 28.7 Å². The highest BCUT2D eigenvalue weighted by Crippen LogP contribution is 2.27. The molecule has 1 rings (SSSR count). The minimum absolute atomic E-state index is 0.0358. The van der Waals surface area contributed by atoms with Crippen molar-refractivity contribution < 1.29 is 19.7 Å². The Morgan fingerprint density at radius 1 is 1.44 bits per heavy atom. The molecule has 0 aliphatic rings. The summed E-state index contributed by atoms with van der Waals surface area (Å²) in [6.07, 6.45) is -0.359. The van der Waals surface area contributed by atoms with Gasteiger partial charge in [0, 0.05) is 5.92 Å². The molecule has 18 heavy (non-hydrogen) atoms. The maximum atomic E-state index is 11.2. The third-order valence-corrected chi connectivity index (χ3v) is 2.99. The van der Waals surface area contributed by atoms with E-state index in [1.54, 1.807) is 19.1 Å². The first-order valence-corrected chi connectivity index (χ1v) is 6.09. The van der Waals surface area contributed by atoms with E-state index in [2.05, 4.69) is 0 Å². The fourth-order valence-electron chi connectivity index (χ4n) is 1.65. The summed E-state index contributed by atoms with van der Waals surface area (Å²) in [6, 6.07) is 4.94. The lowest BCUT2D eigenvalue weighted by Gasteiger charge is -2.16. The van der Waals surface area contributed by atoms with Crippen LogP contribution < -0.4 is 4.74 Å². The molecule has 0 unspecified atom stereocenters. The van der Waals surface area contributed by atoms with Crippen LogP contribution in [0.5, 0.6) is 11.5 Å². The molecule has 1 aromatic rings. The number of aliphatic hydroxyl groups is 1. The maximum absolute atomic E-state index is 11.2. The number of benzene rings is 1. The number of ether oxygens (including phenoxy) is 1. The SMILES string of the molecule is CCOc1cc(C[C@@H](O)[C@H](C)C(C)=O)ccc1O. The maximum Gasteiger partial charge on any atom is 0.161 e. The summed E-state index contributed by atoms with van der Waals surface area (Å²) in [7, 11) is 0. The van der Waals surface area contributed by atoms with Gasteiger partial charge in [0.15, 0.2) is 11.5 Å². The van der Waals surface area contributed by atoms with Crippen LogP contribution in [0.25, 0.3) is 0 Å².